The molecule has 1 aliphatic rings. The van der Waals surface area contributed by atoms with Crippen molar-refractivity contribution in [1.82, 2.24) is 9.97 Å². The van der Waals surface area contributed by atoms with E-state index in [4.69, 9.17) is 10.5 Å². The minimum atomic E-state index is 0.363. The molecule has 0 bridgehead atoms. The molecule has 1 saturated carbocycles. The number of rotatable bonds is 6. The number of aromatic nitrogens is 2. The molecule has 1 fully saturated rings. The number of hydrogen-bond acceptors (Lipinski definition) is 5. The molecule has 1 aliphatic carbocycles. The second kappa shape index (κ2) is 8.25. The van der Waals surface area contributed by atoms with E-state index in [1.807, 2.05) is 18.2 Å². The van der Waals surface area contributed by atoms with Crippen LogP contribution in [0.15, 0.2) is 48.8 Å². The summed E-state index contributed by atoms with van der Waals surface area (Å²) in [5, 5.41) is 4.38. The third-order valence-electron chi connectivity index (χ3n) is 5.16. The lowest BCUT2D eigenvalue weighted by Gasteiger charge is -2.24. The van der Waals surface area contributed by atoms with Crippen LogP contribution in [0, 0.1) is 0 Å². The average Bonchev–Trinajstić information content (AvgIpc) is 2.70. The first kappa shape index (κ1) is 17.6. The predicted molar refractivity (Wildman–Crippen MR) is 110 cm³/mol. The van der Waals surface area contributed by atoms with Gasteiger partial charge in [-0.25, -0.2) is 9.97 Å². The summed E-state index contributed by atoms with van der Waals surface area (Å²) >= 11 is 0. The van der Waals surface area contributed by atoms with Crippen LogP contribution in [0.5, 0.6) is 5.75 Å². The third-order valence-corrected chi connectivity index (χ3v) is 5.16. The largest absolute Gasteiger partial charge is 0.490 e. The maximum absolute atomic E-state index is 6.31. The maximum Gasteiger partial charge on any atom is 0.137 e. The zero-order valence-electron chi connectivity index (χ0n) is 15.5. The predicted octanol–water partition coefficient (Wildman–Crippen LogP) is 4.58. The van der Waals surface area contributed by atoms with Crippen LogP contribution >= 0.6 is 0 Å². The van der Waals surface area contributed by atoms with Gasteiger partial charge < -0.3 is 15.8 Å². The van der Waals surface area contributed by atoms with Gasteiger partial charge in [0.1, 0.15) is 17.9 Å². The standard InChI is InChI=1S/C22H26N4O/c23-17-10-11-20-19(14-17)22(26-15-25-20)24-13-12-16-6-4-5-9-21(16)27-18-7-2-1-3-8-18/h4-6,9-11,14-15,18H,1-3,7-8,12-13,23H2,(H,24,25,26). The Balaban J connectivity index is 1.43. The Morgan fingerprint density at radius 2 is 1.89 bits per heavy atom. The van der Waals surface area contributed by atoms with Crippen LogP contribution in [0.1, 0.15) is 37.7 Å². The molecule has 3 aromatic rings. The van der Waals surface area contributed by atoms with Crippen LogP contribution in [-0.2, 0) is 6.42 Å². The van der Waals surface area contributed by atoms with Gasteiger partial charge in [-0.3, -0.25) is 0 Å². The molecule has 2 aromatic carbocycles. The van der Waals surface area contributed by atoms with E-state index < -0.39 is 0 Å². The number of hydrogen-bond donors (Lipinski definition) is 2. The molecule has 0 spiro atoms. The van der Waals surface area contributed by atoms with Crippen LogP contribution in [-0.4, -0.2) is 22.6 Å². The summed E-state index contributed by atoms with van der Waals surface area (Å²) in [6.07, 6.45) is 9.04. The quantitative estimate of drug-likeness (QED) is 0.628. The highest BCUT2D eigenvalue weighted by Gasteiger charge is 2.16. The molecular formula is C22H26N4O. The van der Waals surface area contributed by atoms with Gasteiger partial charge in [0, 0.05) is 17.6 Å². The molecule has 0 atom stereocenters. The molecule has 0 saturated heterocycles. The summed E-state index contributed by atoms with van der Waals surface area (Å²) in [4.78, 5) is 8.69. The van der Waals surface area contributed by atoms with E-state index in [1.165, 1.54) is 37.7 Å². The van der Waals surface area contributed by atoms with Gasteiger partial charge >= 0.3 is 0 Å². The van der Waals surface area contributed by atoms with Gasteiger partial charge in [-0.2, -0.15) is 0 Å². The Kier molecular flexibility index (Phi) is 5.37. The topological polar surface area (TPSA) is 73.1 Å². The van der Waals surface area contributed by atoms with Crippen LogP contribution < -0.4 is 15.8 Å². The molecule has 5 heteroatoms. The zero-order valence-corrected chi connectivity index (χ0v) is 15.5. The lowest BCUT2D eigenvalue weighted by Crippen LogP contribution is -2.20. The van der Waals surface area contributed by atoms with Gasteiger partial charge in [-0.05, 0) is 61.9 Å². The minimum Gasteiger partial charge on any atom is -0.490 e. The van der Waals surface area contributed by atoms with Gasteiger partial charge in [-0.1, -0.05) is 24.6 Å². The third kappa shape index (κ3) is 4.30. The lowest BCUT2D eigenvalue weighted by atomic mass is 9.97. The fourth-order valence-electron chi connectivity index (χ4n) is 3.72. The zero-order chi connectivity index (χ0) is 18.5. The molecule has 27 heavy (non-hydrogen) atoms. The number of anilines is 2. The summed E-state index contributed by atoms with van der Waals surface area (Å²) in [5.41, 5.74) is 8.76. The average molecular weight is 362 g/mol. The van der Waals surface area contributed by atoms with Crippen LogP contribution in [0.3, 0.4) is 0 Å². The maximum atomic E-state index is 6.31. The number of nitrogens with zero attached hydrogens (tertiary/aromatic N) is 2. The smallest absolute Gasteiger partial charge is 0.137 e. The number of nitrogens with two attached hydrogens (primary N) is 1. The summed E-state index contributed by atoms with van der Waals surface area (Å²) in [6, 6.07) is 14.1. The summed E-state index contributed by atoms with van der Waals surface area (Å²) in [5.74, 6) is 1.83. The van der Waals surface area contributed by atoms with Crippen LogP contribution in [0.2, 0.25) is 0 Å². The summed E-state index contributed by atoms with van der Waals surface area (Å²) in [6.45, 7) is 0.770. The molecule has 0 aliphatic heterocycles. The molecule has 140 valence electrons. The van der Waals surface area contributed by atoms with Gasteiger partial charge in [0.15, 0.2) is 0 Å². The Bertz CT molecular complexity index is 906. The van der Waals surface area contributed by atoms with Crippen molar-refractivity contribution in [2.75, 3.05) is 17.6 Å². The number of nitrogens with one attached hydrogen (secondary N) is 1. The summed E-state index contributed by atoms with van der Waals surface area (Å²) < 4.78 is 6.31. The van der Waals surface area contributed by atoms with Gasteiger partial charge in [0.25, 0.3) is 0 Å². The van der Waals surface area contributed by atoms with Crippen LogP contribution in [0.4, 0.5) is 11.5 Å². The molecule has 4 rings (SSSR count). The van der Waals surface area contributed by atoms with Gasteiger partial charge in [-0.15, -0.1) is 0 Å². The van der Waals surface area contributed by atoms with Crippen molar-refractivity contribution >= 4 is 22.4 Å². The monoisotopic (exact) mass is 362 g/mol. The first-order valence-electron chi connectivity index (χ1n) is 9.78. The fourth-order valence-corrected chi connectivity index (χ4v) is 3.72. The number of benzene rings is 2. The normalized spacial score (nSPS) is 15.0. The SMILES string of the molecule is Nc1ccc2ncnc(NCCc3ccccc3OC3CCCCC3)c2c1. The highest BCUT2D eigenvalue weighted by Crippen LogP contribution is 2.27. The first-order valence-corrected chi connectivity index (χ1v) is 9.78. The van der Waals surface area contributed by atoms with Crippen molar-refractivity contribution in [3.05, 3.63) is 54.4 Å². The molecule has 3 N–H and O–H groups in total. The fraction of sp³-hybridized carbons (Fsp3) is 0.364. The highest BCUT2D eigenvalue weighted by molar-refractivity contribution is 5.91. The second-order valence-electron chi connectivity index (χ2n) is 7.16. The Hall–Kier alpha value is -2.82. The van der Waals surface area contributed by atoms with Crippen molar-refractivity contribution in [2.24, 2.45) is 0 Å². The van der Waals surface area contributed by atoms with E-state index in [0.717, 1.165) is 35.4 Å². The first-order chi connectivity index (χ1) is 13.3. The Morgan fingerprint density at radius 3 is 2.78 bits per heavy atom. The number of ether oxygens (including phenoxy) is 1. The van der Waals surface area contributed by atoms with Crippen molar-refractivity contribution < 1.29 is 4.74 Å². The molecule has 1 aromatic heterocycles. The lowest BCUT2D eigenvalue weighted by molar-refractivity contribution is 0.153. The van der Waals surface area contributed by atoms with Gasteiger partial charge in [0.2, 0.25) is 0 Å². The molecular weight excluding hydrogens is 336 g/mol. The number of fused-ring (bicyclic) bond motifs is 1. The van der Waals surface area contributed by atoms with E-state index in [2.05, 4.69) is 39.6 Å². The summed E-state index contributed by atoms with van der Waals surface area (Å²) in [7, 11) is 0. The van der Waals surface area contributed by atoms with E-state index in [-0.39, 0.29) is 0 Å². The molecule has 0 unspecified atom stereocenters. The molecule has 0 radical (unpaired) electrons. The number of para-hydroxylation sites is 1. The minimum absolute atomic E-state index is 0.363. The van der Waals surface area contributed by atoms with Gasteiger partial charge in [0.05, 0.1) is 11.6 Å². The Labute approximate surface area is 160 Å². The second-order valence-corrected chi connectivity index (χ2v) is 7.16. The van der Waals surface area contributed by atoms with Crippen molar-refractivity contribution in [3.8, 4) is 5.75 Å². The van der Waals surface area contributed by atoms with Crippen LogP contribution in [0.25, 0.3) is 10.9 Å². The Morgan fingerprint density at radius 1 is 1.04 bits per heavy atom. The van der Waals surface area contributed by atoms with Crippen molar-refractivity contribution in [1.29, 1.82) is 0 Å². The van der Waals surface area contributed by atoms with Crippen molar-refractivity contribution in [3.63, 3.8) is 0 Å². The van der Waals surface area contributed by atoms with E-state index in [0.29, 0.717) is 11.8 Å². The molecule has 5 nitrogen and oxygen atoms in total. The molecule has 0 amide bonds. The number of nitrogen functional groups attached to an aromatic ring is 1. The highest BCUT2D eigenvalue weighted by atomic mass is 16.5. The van der Waals surface area contributed by atoms with Crippen molar-refractivity contribution in [2.45, 2.75) is 44.6 Å². The van der Waals surface area contributed by atoms with E-state index in [9.17, 15) is 0 Å². The molecule has 1 heterocycles. The van der Waals surface area contributed by atoms with E-state index in [1.54, 1.807) is 6.33 Å². The van der Waals surface area contributed by atoms with E-state index >= 15 is 0 Å².